The molecule has 0 atom stereocenters. The van der Waals surface area contributed by atoms with Gasteiger partial charge in [-0.3, -0.25) is 4.98 Å². The third-order valence-corrected chi connectivity index (χ3v) is 2.34. The minimum atomic E-state index is -1.37. The first-order valence-electron chi connectivity index (χ1n) is 4.91. The fourth-order valence-corrected chi connectivity index (χ4v) is 1.51. The van der Waals surface area contributed by atoms with Crippen molar-refractivity contribution >= 4 is 28.9 Å². The van der Waals surface area contributed by atoms with E-state index < -0.39 is 23.6 Å². The molecule has 8 nitrogen and oxygen atoms in total. The lowest BCUT2D eigenvalue weighted by molar-refractivity contribution is 0.0680. The molecule has 19 heavy (non-hydrogen) atoms. The maximum atomic E-state index is 11.0. The lowest BCUT2D eigenvalue weighted by atomic mass is 10.1. The third-order valence-electron chi connectivity index (χ3n) is 2.34. The summed E-state index contributed by atoms with van der Waals surface area (Å²) in [6.07, 6.45) is 0.914. The summed E-state index contributed by atoms with van der Waals surface area (Å²) in [6.45, 7) is 0. The molecule has 0 amide bonds. The molecule has 0 unspecified atom stereocenters. The smallest absolute Gasteiger partial charge is 0.356 e. The van der Waals surface area contributed by atoms with E-state index in [1.165, 1.54) is 0 Å². The number of hydrogen-bond donors (Lipinski definition) is 3. The van der Waals surface area contributed by atoms with Crippen LogP contribution in [0.5, 0.6) is 0 Å². The fraction of sp³-hybridized carbons (Fsp3) is 0. The molecule has 1 heterocycles. The molecule has 0 aliphatic rings. The molecule has 0 aliphatic carbocycles. The fourth-order valence-electron chi connectivity index (χ4n) is 1.51. The standard InChI is InChI=1S/C11H6N2O6/c14-9(15)4-1-5(10(16)17)8-6(2-4)13-7(3-12-8)11(18)19/h1-3H,(H,14,15)(H,16,17)(H,18,19). The number of carboxylic acids is 3. The van der Waals surface area contributed by atoms with E-state index in [2.05, 4.69) is 9.97 Å². The average molecular weight is 262 g/mol. The topological polar surface area (TPSA) is 138 Å². The van der Waals surface area contributed by atoms with Gasteiger partial charge in [-0.05, 0) is 12.1 Å². The number of hydrogen-bond acceptors (Lipinski definition) is 5. The number of carboxylic acid groups (broad SMARTS) is 3. The Balaban J connectivity index is 2.83. The van der Waals surface area contributed by atoms with Gasteiger partial charge in [-0.1, -0.05) is 0 Å². The van der Waals surface area contributed by atoms with Crippen molar-refractivity contribution in [2.75, 3.05) is 0 Å². The zero-order chi connectivity index (χ0) is 14.2. The lowest BCUT2D eigenvalue weighted by Gasteiger charge is -2.04. The van der Waals surface area contributed by atoms with Crippen LogP contribution in [0.2, 0.25) is 0 Å². The largest absolute Gasteiger partial charge is 0.478 e. The molecule has 1 aromatic carbocycles. The Labute approximate surface area is 105 Å². The Kier molecular flexibility index (Phi) is 2.83. The molecule has 0 saturated heterocycles. The first kappa shape index (κ1) is 12.4. The van der Waals surface area contributed by atoms with Gasteiger partial charge in [0.1, 0.15) is 5.52 Å². The first-order valence-corrected chi connectivity index (χ1v) is 4.91. The average Bonchev–Trinajstić information content (AvgIpc) is 2.36. The van der Waals surface area contributed by atoms with Crippen molar-refractivity contribution in [1.29, 1.82) is 0 Å². The molecule has 0 bridgehead atoms. The van der Waals surface area contributed by atoms with Crippen LogP contribution < -0.4 is 0 Å². The maximum Gasteiger partial charge on any atom is 0.356 e. The summed E-state index contributed by atoms with van der Waals surface area (Å²) in [6, 6.07) is 2.02. The Bertz CT molecular complexity index is 719. The van der Waals surface area contributed by atoms with Crippen molar-refractivity contribution in [2.45, 2.75) is 0 Å². The number of fused-ring (bicyclic) bond motifs is 1. The zero-order valence-electron chi connectivity index (χ0n) is 9.19. The number of carbonyl (C=O) groups is 3. The highest BCUT2D eigenvalue weighted by molar-refractivity contribution is 6.05. The van der Waals surface area contributed by atoms with Gasteiger partial charge >= 0.3 is 17.9 Å². The Morgan fingerprint density at radius 3 is 2.16 bits per heavy atom. The van der Waals surface area contributed by atoms with Gasteiger partial charge in [-0.2, -0.15) is 0 Å². The van der Waals surface area contributed by atoms with Gasteiger partial charge in [0.05, 0.1) is 22.8 Å². The van der Waals surface area contributed by atoms with E-state index in [9.17, 15) is 14.4 Å². The molecule has 8 heteroatoms. The molecule has 96 valence electrons. The molecule has 1 aromatic heterocycles. The minimum absolute atomic E-state index is 0.0671. The molecular weight excluding hydrogens is 256 g/mol. The summed E-state index contributed by atoms with van der Waals surface area (Å²) < 4.78 is 0. The Morgan fingerprint density at radius 2 is 1.63 bits per heavy atom. The monoisotopic (exact) mass is 262 g/mol. The molecule has 2 rings (SSSR count). The van der Waals surface area contributed by atoms with Crippen LogP contribution in [0, 0.1) is 0 Å². The highest BCUT2D eigenvalue weighted by atomic mass is 16.4. The molecule has 0 fully saturated rings. The SMILES string of the molecule is O=C(O)c1cc(C(=O)O)c2ncc(C(=O)O)nc2c1. The summed E-state index contributed by atoms with van der Waals surface area (Å²) in [5.41, 5.74) is -1.22. The van der Waals surface area contributed by atoms with Crippen LogP contribution in [0.25, 0.3) is 11.0 Å². The van der Waals surface area contributed by atoms with Gasteiger partial charge in [-0.25, -0.2) is 19.4 Å². The molecule has 0 aliphatic heterocycles. The van der Waals surface area contributed by atoms with Crippen LogP contribution in [0.3, 0.4) is 0 Å². The van der Waals surface area contributed by atoms with Gasteiger partial charge in [0.25, 0.3) is 0 Å². The van der Waals surface area contributed by atoms with Crippen molar-refractivity contribution < 1.29 is 29.7 Å². The predicted molar refractivity (Wildman–Crippen MR) is 60.4 cm³/mol. The molecule has 2 aromatic rings. The summed E-state index contributed by atoms with van der Waals surface area (Å²) in [5, 5.41) is 26.6. The van der Waals surface area contributed by atoms with Crippen molar-refractivity contribution in [3.8, 4) is 0 Å². The van der Waals surface area contributed by atoms with Gasteiger partial charge in [0.15, 0.2) is 5.69 Å². The number of nitrogens with zero attached hydrogens (tertiary/aromatic N) is 2. The van der Waals surface area contributed by atoms with Crippen LogP contribution in [0.15, 0.2) is 18.3 Å². The van der Waals surface area contributed by atoms with Crippen LogP contribution >= 0.6 is 0 Å². The van der Waals surface area contributed by atoms with Crippen molar-refractivity contribution in [3.63, 3.8) is 0 Å². The van der Waals surface area contributed by atoms with E-state index in [4.69, 9.17) is 15.3 Å². The summed E-state index contributed by atoms with van der Waals surface area (Å²) >= 11 is 0. The van der Waals surface area contributed by atoms with Gasteiger partial charge in [0.2, 0.25) is 0 Å². The number of rotatable bonds is 3. The van der Waals surface area contributed by atoms with E-state index in [0.717, 1.165) is 18.3 Å². The highest BCUT2D eigenvalue weighted by Crippen LogP contribution is 2.18. The maximum absolute atomic E-state index is 11.0. The normalized spacial score (nSPS) is 10.3. The zero-order valence-corrected chi connectivity index (χ0v) is 9.19. The van der Waals surface area contributed by atoms with Gasteiger partial charge in [-0.15, -0.1) is 0 Å². The van der Waals surface area contributed by atoms with Gasteiger partial charge < -0.3 is 15.3 Å². The second-order valence-electron chi connectivity index (χ2n) is 3.56. The molecule has 3 N–H and O–H groups in total. The Morgan fingerprint density at radius 1 is 0.947 bits per heavy atom. The van der Waals surface area contributed by atoms with Crippen LogP contribution in [0.1, 0.15) is 31.2 Å². The van der Waals surface area contributed by atoms with Crippen LogP contribution in [-0.4, -0.2) is 43.2 Å². The molecule has 0 saturated carbocycles. The number of aromatic nitrogens is 2. The summed E-state index contributed by atoms with van der Waals surface area (Å²) in [7, 11) is 0. The summed E-state index contributed by atoms with van der Waals surface area (Å²) in [4.78, 5) is 40.0. The van der Waals surface area contributed by atoms with Crippen molar-refractivity contribution in [3.05, 3.63) is 35.2 Å². The predicted octanol–water partition coefficient (Wildman–Crippen LogP) is 0.724. The highest BCUT2D eigenvalue weighted by Gasteiger charge is 2.17. The lowest BCUT2D eigenvalue weighted by Crippen LogP contribution is -2.07. The van der Waals surface area contributed by atoms with E-state index in [-0.39, 0.29) is 22.2 Å². The first-order chi connectivity index (χ1) is 8.90. The van der Waals surface area contributed by atoms with Crippen molar-refractivity contribution in [1.82, 2.24) is 9.97 Å². The second kappa shape index (κ2) is 4.33. The van der Waals surface area contributed by atoms with Gasteiger partial charge in [0, 0.05) is 0 Å². The quantitative estimate of drug-likeness (QED) is 0.735. The Hall–Kier alpha value is -3.03. The molecule has 0 spiro atoms. The van der Waals surface area contributed by atoms with E-state index in [1.807, 2.05) is 0 Å². The summed E-state index contributed by atoms with van der Waals surface area (Å²) in [5.74, 6) is -4.05. The molecule has 0 radical (unpaired) electrons. The van der Waals surface area contributed by atoms with E-state index in [1.54, 1.807) is 0 Å². The van der Waals surface area contributed by atoms with E-state index >= 15 is 0 Å². The second-order valence-corrected chi connectivity index (χ2v) is 3.56. The van der Waals surface area contributed by atoms with Crippen molar-refractivity contribution in [2.24, 2.45) is 0 Å². The minimum Gasteiger partial charge on any atom is -0.478 e. The number of aromatic carboxylic acids is 3. The third kappa shape index (κ3) is 2.18. The molecular formula is C11H6N2O6. The van der Waals surface area contributed by atoms with E-state index in [0.29, 0.717) is 0 Å². The van der Waals surface area contributed by atoms with Crippen LogP contribution in [-0.2, 0) is 0 Å². The number of benzene rings is 1. The van der Waals surface area contributed by atoms with Crippen LogP contribution in [0.4, 0.5) is 0 Å².